The van der Waals surface area contributed by atoms with Gasteiger partial charge in [-0.1, -0.05) is 28.1 Å². The Morgan fingerprint density at radius 2 is 2.15 bits per heavy atom. The van der Waals surface area contributed by atoms with E-state index < -0.39 is 11.7 Å². The first-order valence-corrected chi connectivity index (χ1v) is 6.98. The molecule has 0 atom stereocenters. The lowest BCUT2D eigenvalue weighted by molar-refractivity contribution is 0.0696. The zero-order chi connectivity index (χ0) is 14.3. The molecule has 1 fully saturated rings. The van der Waals surface area contributed by atoms with Gasteiger partial charge in [0.15, 0.2) is 0 Å². The number of benzene rings is 1. The van der Waals surface area contributed by atoms with Crippen molar-refractivity contribution >= 4 is 21.9 Å². The zero-order valence-electron chi connectivity index (χ0n) is 10.4. The summed E-state index contributed by atoms with van der Waals surface area (Å²) in [5, 5.41) is 9.35. The molecule has 1 aliphatic rings. The molecule has 0 aliphatic heterocycles. The zero-order valence-corrected chi connectivity index (χ0v) is 12.0. The van der Waals surface area contributed by atoms with Gasteiger partial charge in [-0.3, -0.25) is 4.57 Å². The van der Waals surface area contributed by atoms with Gasteiger partial charge in [0.1, 0.15) is 5.56 Å². The Morgan fingerprint density at radius 3 is 2.75 bits per heavy atom. The van der Waals surface area contributed by atoms with Crippen LogP contribution >= 0.6 is 15.9 Å². The quantitative estimate of drug-likeness (QED) is 0.936. The van der Waals surface area contributed by atoms with E-state index in [4.69, 9.17) is 0 Å². The molecule has 6 heteroatoms. The van der Waals surface area contributed by atoms with Crippen molar-refractivity contribution < 1.29 is 9.90 Å². The second-order valence-electron chi connectivity index (χ2n) is 4.74. The largest absolute Gasteiger partial charge is 0.478 e. The summed E-state index contributed by atoms with van der Waals surface area (Å²) < 4.78 is 2.23. The smallest absolute Gasteiger partial charge is 0.348 e. The van der Waals surface area contributed by atoms with Crippen LogP contribution in [-0.2, 0) is 0 Å². The molecule has 3 rings (SSSR count). The number of aromatic carboxylic acids is 1. The minimum atomic E-state index is -1.08. The molecule has 0 amide bonds. The van der Waals surface area contributed by atoms with Crippen LogP contribution in [0.5, 0.6) is 0 Å². The highest BCUT2D eigenvalue weighted by atomic mass is 79.9. The maximum Gasteiger partial charge on any atom is 0.348 e. The van der Waals surface area contributed by atoms with Crippen LogP contribution in [0.25, 0.3) is 11.3 Å². The lowest BCUT2D eigenvalue weighted by Crippen LogP contribution is -2.24. The predicted molar refractivity (Wildman–Crippen MR) is 76.9 cm³/mol. The average Bonchev–Trinajstić information content (AvgIpc) is 3.22. The molecule has 1 aliphatic carbocycles. The van der Waals surface area contributed by atoms with Crippen LogP contribution in [0.1, 0.15) is 29.2 Å². The molecule has 102 valence electrons. The van der Waals surface area contributed by atoms with Gasteiger partial charge in [-0.2, -0.15) is 4.98 Å². The minimum absolute atomic E-state index is 0.0506. The van der Waals surface area contributed by atoms with Crippen LogP contribution in [0.15, 0.2) is 39.7 Å². The van der Waals surface area contributed by atoms with E-state index >= 15 is 0 Å². The summed E-state index contributed by atoms with van der Waals surface area (Å²) in [6, 6.07) is 7.19. The van der Waals surface area contributed by atoms with Gasteiger partial charge in [-0.25, -0.2) is 9.59 Å². The van der Waals surface area contributed by atoms with Crippen LogP contribution in [0.4, 0.5) is 0 Å². The highest BCUT2D eigenvalue weighted by molar-refractivity contribution is 9.10. The Hall–Kier alpha value is -1.95. The normalized spacial score (nSPS) is 14.2. The van der Waals surface area contributed by atoms with E-state index in [1.54, 1.807) is 18.2 Å². The van der Waals surface area contributed by atoms with Gasteiger partial charge in [0.2, 0.25) is 0 Å². The molecule has 1 saturated carbocycles. The van der Waals surface area contributed by atoms with Crippen LogP contribution in [0, 0.1) is 0 Å². The van der Waals surface area contributed by atoms with Crippen molar-refractivity contribution in [1.29, 1.82) is 0 Å². The number of hydrogen-bond donors (Lipinski definition) is 1. The third-order valence-electron chi connectivity index (χ3n) is 3.22. The summed E-state index contributed by atoms with van der Waals surface area (Å²) >= 11 is 3.33. The lowest BCUT2D eigenvalue weighted by Gasteiger charge is -2.09. The number of nitrogens with zero attached hydrogens (tertiary/aromatic N) is 2. The Bertz CT molecular complexity index is 750. The van der Waals surface area contributed by atoms with Crippen molar-refractivity contribution in [2.45, 2.75) is 18.9 Å². The van der Waals surface area contributed by atoms with Crippen LogP contribution in [0.2, 0.25) is 0 Å². The molecule has 1 heterocycles. The summed E-state index contributed by atoms with van der Waals surface area (Å²) in [6.45, 7) is 0. The van der Waals surface area contributed by atoms with E-state index in [0.717, 1.165) is 17.3 Å². The maximum atomic E-state index is 12.0. The van der Waals surface area contributed by atoms with E-state index in [9.17, 15) is 14.7 Å². The Morgan fingerprint density at radius 1 is 1.40 bits per heavy atom. The first-order chi connectivity index (χ1) is 9.56. The molecule has 20 heavy (non-hydrogen) atoms. The molecule has 0 radical (unpaired) electrons. The Labute approximate surface area is 123 Å². The highest BCUT2D eigenvalue weighted by Gasteiger charge is 2.27. The van der Waals surface area contributed by atoms with Gasteiger partial charge >= 0.3 is 11.7 Å². The molecular formula is C14H11BrN2O3. The van der Waals surface area contributed by atoms with Crippen LogP contribution < -0.4 is 5.69 Å². The summed E-state index contributed by atoms with van der Waals surface area (Å²) in [5.41, 5.74) is 0.472. The summed E-state index contributed by atoms with van der Waals surface area (Å²) in [7, 11) is 0. The van der Waals surface area contributed by atoms with Crippen molar-refractivity contribution in [1.82, 2.24) is 9.55 Å². The van der Waals surface area contributed by atoms with Crippen molar-refractivity contribution in [3.8, 4) is 11.3 Å². The molecule has 1 N–H and O–H groups in total. The molecule has 1 aromatic heterocycles. The lowest BCUT2D eigenvalue weighted by atomic mass is 10.1. The van der Waals surface area contributed by atoms with Gasteiger partial charge < -0.3 is 5.11 Å². The van der Waals surface area contributed by atoms with E-state index in [0.29, 0.717) is 5.56 Å². The third-order valence-corrected chi connectivity index (χ3v) is 3.71. The van der Waals surface area contributed by atoms with Crippen molar-refractivity contribution in [2.75, 3.05) is 0 Å². The second kappa shape index (κ2) is 4.86. The van der Waals surface area contributed by atoms with Gasteiger partial charge in [0.25, 0.3) is 0 Å². The monoisotopic (exact) mass is 334 g/mol. The third kappa shape index (κ3) is 2.38. The second-order valence-corrected chi connectivity index (χ2v) is 5.66. The van der Waals surface area contributed by atoms with Gasteiger partial charge in [-0.05, 0) is 25.0 Å². The van der Waals surface area contributed by atoms with Crippen molar-refractivity contribution in [3.63, 3.8) is 0 Å². The highest BCUT2D eigenvalue weighted by Crippen LogP contribution is 2.34. The van der Waals surface area contributed by atoms with Gasteiger partial charge in [0.05, 0.1) is 5.69 Å². The first-order valence-electron chi connectivity index (χ1n) is 6.18. The number of hydrogen-bond acceptors (Lipinski definition) is 3. The fraction of sp³-hybridized carbons (Fsp3) is 0.214. The van der Waals surface area contributed by atoms with Crippen molar-refractivity contribution in [3.05, 3.63) is 51.0 Å². The minimum Gasteiger partial charge on any atom is -0.478 e. The fourth-order valence-corrected chi connectivity index (χ4v) is 2.49. The van der Waals surface area contributed by atoms with Crippen LogP contribution in [-0.4, -0.2) is 20.6 Å². The van der Waals surface area contributed by atoms with E-state index in [1.807, 2.05) is 6.07 Å². The molecule has 0 bridgehead atoms. The standard InChI is InChI=1S/C14H11BrN2O3/c15-9-3-1-2-8(6-9)12-11(13(18)19)7-17(10-4-5-10)14(20)16-12/h1-3,6-7,10H,4-5H2,(H,18,19). The summed E-state index contributed by atoms with van der Waals surface area (Å²) in [6.07, 6.45) is 3.21. The number of carboxylic acids is 1. The maximum absolute atomic E-state index is 12.0. The number of carboxylic acid groups (broad SMARTS) is 1. The molecule has 0 unspecified atom stereocenters. The average molecular weight is 335 g/mol. The van der Waals surface area contributed by atoms with Crippen LogP contribution in [0.3, 0.4) is 0 Å². The molecule has 0 saturated heterocycles. The molecule has 5 nitrogen and oxygen atoms in total. The predicted octanol–water partition coefficient (Wildman–Crippen LogP) is 2.71. The van der Waals surface area contributed by atoms with E-state index in [1.165, 1.54) is 10.8 Å². The SMILES string of the molecule is O=C(O)c1cn(C2CC2)c(=O)nc1-c1cccc(Br)c1. The number of aromatic nitrogens is 2. The molecular weight excluding hydrogens is 324 g/mol. The Balaban J connectivity index is 2.21. The van der Waals surface area contributed by atoms with Crippen molar-refractivity contribution in [2.24, 2.45) is 0 Å². The summed E-state index contributed by atoms with van der Waals surface area (Å²) in [5.74, 6) is -1.08. The Kier molecular flexibility index (Phi) is 3.17. The molecule has 2 aromatic rings. The first kappa shape index (κ1) is 13.1. The van der Waals surface area contributed by atoms with Gasteiger partial charge in [0, 0.05) is 22.3 Å². The number of halogens is 1. The fourth-order valence-electron chi connectivity index (χ4n) is 2.10. The topological polar surface area (TPSA) is 72.2 Å². The number of carbonyl (C=O) groups is 1. The summed E-state index contributed by atoms with van der Waals surface area (Å²) in [4.78, 5) is 27.4. The van der Waals surface area contributed by atoms with E-state index in [-0.39, 0.29) is 17.3 Å². The molecule has 1 aromatic carbocycles. The number of rotatable bonds is 3. The van der Waals surface area contributed by atoms with Gasteiger partial charge in [-0.15, -0.1) is 0 Å². The van der Waals surface area contributed by atoms with E-state index in [2.05, 4.69) is 20.9 Å². The molecule has 0 spiro atoms.